The Balaban J connectivity index is 2.41. The maximum Gasteiger partial charge on any atom is 0.157 e. The van der Waals surface area contributed by atoms with E-state index in [1.807, 2.05) is 28.9 Å². The number of aromatic nitrogens is 2. The van der Waals surface area contributed by atoms with E-state index in [0.717, 1.165) is 17.8 Å². The molecule has 2 aromatic rings. The fourth-order valence-electron chi connectivity index (χ4n) is 1.85. The topological polar surface area (TPSA) is 38.0 Å². The van der Waals surface area contributed by atoms with E-state index in [0.29, 0.717) is 5.92 Å². The summed E-state index contributed by atoms with van der Waals surface area (Å²) in [6.45, 7) is 6.32. The molecule has 3 nitrogen and oxygen atoms in total. The van der Waals surface area contributed by atoms with E-state index >= 15 is 0 Å². The molecule has 1 aromatic carbocycles. The SMILES string of the molecule is Cc1ccc(-n2ncc(O)c2CC(C)C)cc1. The lowest BCUT2D eigenvalue weighted by Gasteiger charge is -2.10. The van der Waals surface area contributed by atoms with Crippen LogP contribution < -0.4 is 0 Å². The highest BCUT2D eigenvalue weighted by atomic mass is 16.3. The van der Waals surface area contributed by atoms with E-state index in [1.54, 1.807) is 0 Å². The zero-order valence-electron chi connectivity index (χ0n) is 10.5. The second-order valence-corrected chi connectivity index (χ2v) is 4.82. The summed E-state index contributed by atoms with van der Waals surface area (Å²) in [5.41, 5.74) is 3.09. The van der Waals surface area contributed by atoms with Gasteiger partial charge < -0.3 is 5.11 Å². The van der Waals surface area contributed by atoms with Gasteiger partial charge in [-0.2, -0.15) is 5.10 Å². The van der Waals surface area contributed by atoms with Crippen molar-refractivity contribution in [2.45, 2.75) is 27.2 Å². The quantitative estimate of drug-likeness (QED) is 0.880. The summed E-state index contributed by atoms with van der Waals surface area (Å²) in [4.78, 5) is 0. The number of rotatable bonds is 3. The Kier molecular flexibility index (Phi) is 3.18. The molecule has 0 aliphatic rings. The van der Waals surface area contributed by atoms with Crippen molar-refractivity contribution in [2.75, 3.05) is 0 Å². The molecule has 2 rings (SSSR count). The average molecular weight is 230 g/mol. The third-order valence-electron chi connectivity index (χ3n) is 2.73. The molecule has 0 aliphatic heterocycles. The van der Waals surface area contributed by atoms with E-state index in [1.165, 1.54) is 11.8 Å². The zero-order valence-corrected chi connectivity index (χ0v) is 10.5. The Morgan fingerprint density at radius 3 is 2.47 bits per heavy atom. The van der Waals surface area contributed by atoms with Crippen molar-refractivity contribution in [2.24, 2.45) is 5.92 Å². The number of hydrogen-bond donors (Lipinski definition) is 1. The van der Waals surface area contributed by atoms with Crippen LogP contribution in [0.25, 0.3) is 5.69 Å². The number of aromatic hydroxyl groups is 1. The van der Waals surface area contributed by atoms with Crippen LogP contribution in [0.15, 0.2) is 30.5 Å². The van der Waals surface area contributed by atoms with Gasteiger partial charge in [0.2, 0.25) is 0 Å². The first-order chi connectivity index (χ1) is 8.08. The molecular formula is C14H18N2O. The molecule has 1 aromatic heterocycles. The van der Waals surface area contributed by atoms with E-state index in [2.05, 4.69) is 25.9 Å². The third-order valence-corrected chi connectivity index (χ3v) is 2.73. The molecule has 0 aliphatic carbocycles. The number of benzene rings is 1. The van der Waals surface area contributed by atoms with Crippen molar-refractivity contribution < 1.29 is 5.11 Å². The molecule has 0 saturated heterocycles. The molecule has 0 saturated carbocycles. The molecule has 17 heavy (non-hydrogen) atoms. The molecular weight excluding hydrogens is 212 g/mol. The van der Waals surface area contributed by atoms with Crippen molar-refractivity contribution in [3.05, 3.63) is 41.7 Å². The van der Waals surface area contributed by atoms with Crippen molar-refractivity contribution in [1.82, 2.24) is 9.78 Å². The van der Waals surface area contributed by atoms with Crippen LogP contribution in [0.1, 0.15) is 25.1 Å². The summed E-state index contributed by atoms with van der Waals surface area (Å²) in [6.07, 6.45) is 2.33. The van der Waals surface area contributed by atoms with Gasteiger partial charge in [-0.3, -0.25) is 0 Å². The molecule has 3 heteroatoms. The molecule has 1 heterocycles. The first kappa shape index (κ1) is 11.7. The molecule has 0 unspecified atom stereocenters. The van der Waals surface area contributed by atoms with Gasteiger partial charge in [0.25, 0.3) is 0 Å². The standard InChI is InChI=1S/C14H18N2O/c1-10(2)8-13-14(17)9-15-16(13)12-6-4-11(3)5-7-12/h4-7,9-10,17H,8H2,1-3H3. The lowest BCUT2D eigenvalue weighted by Crippen LogP contribution is -2.05. The average Bonchev–Trinajstić information content (AvgIpc) is 2.61. The van der Waals surface area contributed by atoms with Crippen LogP contribution in [-0.4, -0.2) is 14.9 Å². The highest BCUT2D eigenvalue weighted by molar-refractivity contribution is 5.38. The van der Waals surface area contributed by atoms with Crippen LogP contribution in [-0.2, 0) is 6.42 Å². The van der Waals surface area contributed by atoms with Gasteiger partial charge in [0, 0.05) is 0 Å². The Hall–Kier alpha value is -1.77. The van der Waals surface area contributed by atoms with E-state index in [-0.39, 0.29) is 5.75 Å². The smallest absolute Gasteiger partial charge is 0.157 e. The Labute approximate surface area is 102 Å². The maximum absolute atomic E-state index is 9.81. The fourth-order valence-corrected chi connectivity index (χ4v) is 1.85. The van der Waals surface area contributed by atoms with Crippen molar-refractivity contribution in [3.8, 4) is 11.4 Å². The van der Waals surface area contributed by atoms with Crippen LogP contribution in [0.2, 0.25) is 0 Å². The Morgan fingerprint density at radius 2 is 1.88 bits per heavy atom. The number of nitrogens with zero attached hydrogens (tertiary/aromatic N) is 2. The van der Waals surface area contributed by atoms with Gasteiger partial charge in [-0.05, 0) is 31.4 Å². The Morgan fingerprint density at radius 1 is 1.24 bits per heavy atom. The predicted molar refractivity (Wildman–Crippen MR) is 68.5 cm³/mol. The third kappa shape index (κ3) is 2.49. The van der Waals surface area contributed by atoms with Gasteiger partial charge in [-0.15, -0.1) is 0 Å². The fraction of sp³-hybridized carbons (Fsp3) is 0.357. The van der Waals surface area contributed by atoms with Crippen LogP contribution in [0.5, 0.6) is 5.75 Å². The summed E-state index contributed by atoms with van der Waals surface area (Å²) >= 11 is 0. The minimum absolute atomic E-state index is 0.277. The maximum atomic E-state index is 9.81. The predicted octanol–water partition coefficient (Wildman–Crippen LogP) is 3.08. The lowest BCUT2D eigenvalue weighted by atomic mass is 10.1. The summed E-state index contributed by atoms with van der Waals surface area (Å²) in [5, 5.41) is 14.0. The monoisotopic (exact) mass is 230 g/mol. The first-order valence-electron chi connectivity index (χ1n) is 5.91. The normalized spacial score (nSPS) is 11.1. The van der Waals surface area contributed by atoms with Gasteiger partial charge in [-0.25, -0.2) is 4.68 Å². The number of aryl methyl sites for hydroxylation is 1. The minimum atomic E-state index is 0.277. The first-order valence-corrected chi connectivity index (χ1v) is 5.91. The summed E-state index contributed by atoms with van der Waals surface area (Å²) in [7, 11) is 0. The van der Waals surface area contributed by atoms with E-state index < -0.39 is 0 Å². The van der Waals surface area contributed by atoms with Crippen LogP contribution in [0.4, 0.5) is 0 Å². The van der Waals surface area contributed by atoms with Crippen molar-refractivity contribution >= 4 is 0 Å². The van der Waals surface area contributed by atoms with Crippen LogP contribution in [0.3, 0.4) is 0 Å². The molecule has 0 bridgehead atoms. The molecule has 0 fully saturated rings. The van der Waals surface area contributed by atoms with Gasteiger partial charge in [0.05, 0.1) is 17.6 Å². The highest BCUT2D eigenvalue weighted by Gasteiger charge is 2.12. The van der Waals surface area contributed by atoms with E-state index in [4.69, 9.17) is 0 Å². The molecule has 0 spiro atoms. The van der Waals surface area contributed by atoms with Crippen LogP contribution in [0, 0.1) is 12.8 Å². The molecule has 1 N–H and O–H groups in total. The minimum Gasteiger partial charge on any atom is -0.504 e. The van der Waals surface area contributed by atoms with E-state index in [9.17, 15) is 5.11 Å². The number of hydrogen-bond acceptors (Lipinski definition) is 2. The van der Waals surface area contributed by atoms with Crippen molar-refractivity contribution in [1.29, 1.82) is 0 Å². The molecule has 0 atom stereocenters. The second-order valence-electron chi connectivity index (χ2n) is 4.82. The van der Waals surface area contributed by atoms with Gasteiger partial charge in [-0.1, -0.05) is 31.5 Å². The van der Waals surface area contributed by atoms with Gasteiger partial charge >= 0.3 is 0 Å². The van der Waals surface area contributed by atoms with Crippen molar-refractivity contribution in [3.63, 3.8) is 0 Å². The Bertz CT molecular complexity index is 497. The van der Waals surface area contributed by atoms with Gasteiger partial charge in [0.15, 0.2) is 5.75 Å². The summed E-state index contributed by atoms with van der Waals surface area (Å²) < 4.78 is 1.81. The summed E-state index contributed by atoms with van der Waals surface area (Å²) in [6, 6.07) is 8.14. The summed E-state index contributed by atoms with van der Waals surface area (Å²) in [5.74, 6) is 0.765. The van der Waals surface area contributed by atoms with Gasteiger partial charge in [0.1, 0.15) is 0 Å². The largest absolute Gasteiger partial charge is 0.504 e. The molecule has 90 valence electrons. The molecule has 0 amide bonds. The van der Waals surface area contributed by atoms with Crippen LogP contribution >= 0.6 is 0 Å². The second kappa shape index (κ2) is 4.62. The zero-order chi connectivity index (χ0) is 12.4. The lowest BCUT2D eigenvalue weighted by molar-refractivity contribution is 0.460. The molecule has 0 radical (unpaired) electrons. The highest BCUT2D eigenvalue weighted by Crippen LogP contribution is 2.23.